The number of amides is 4. The monoisotopic (exact) mass is 520 g/mol. The zero-order valence-electron chi connectivity index (χ0n) is 20.3. The second kappa shape index (κ2) is 11.6. The molecule has 0 unspecified atom stereocenters. The Hall–Kier alpha value is -4.30. The Kier molecular flexibility index (Phi) is 8.10. The number of barbiturate groups is 1. The van der Waals surface area contributed by atoms with E-state index in [-0.39, 0.29) is 11.3 Å². The van der Waals surface area contributed by atoms with Gasteiger partial charge < -0.3 is 14.2 Å². The highest BCUT2D eigenvalue weighted by Crippen LogP contribution is 2.30. The Morgan fingerprint density at radius 2 is 1.59 bits per heavy atom. The standard InChI is InChI=1S/C28H25ClN2O6/c1-18-4-11-22(12-5-18)36-14-3-15-37-24-13-6-19(17-25(24)35-2)16-23-26(32)30-28(34)31(27(23)33)21-9-7-20(29)8-10-21/h4-13,16-17H,3,14-15H2,1-2H3,(H,30,32,34)/b23-16-. The number of ether oxygens (including phenoxy) is 3. The van der Waals surface area contributed by atoms with Crippen LogP contribution in [0.15, 0.2) is 72.3 Å². The minimum absolute atomic E-state index is 0.196. The molecule has 1 fully saturated rings. The molecule has 1 heterocycles. The van der Waals surface area contributed by atoms with Gasteiger partial charge in [-0.3, -0.25) is 14.9 Å². The number of benzene rings is 3. The molecule has 1 saturated heterocycles. The molecule has 8 nitrogen and oxygen atoms in total. The number of urea groups is 1. The first-order chi connectivity index (χ1) is 17.9. The van der Waals surface area contributed by atoms with Crippen molar-refractivity contribution in [2.24, 2.45) is 0 Å². The van der Waals surface area contributed by atoms with Gasteiger partial charge in [-0.25, -0.2) is 9.69 Å². The van der Waals surface area contributed by atoms with Crippen LogP contribution in [-0.2, 0) is 9.59 Å². The Bertz CT molecular complexity index is 1340. The number of imide groups is 2. The second-order valence-electron chi connectivity index (χ2n) is 8.21. The van der Waals surface area contributed by atoms with Crippen molar-refractivity contribution in [1.29, 1.82) is 0 Å². The van der Waals surface area contributed by atoms with Crippen LogP contribution >= 0.6 is 11.6 Å². The number of aryl methyl sites for hydroxylation is 1. The lowest BCUT2D eigenvalue weighted by molar-refractivity contribution is -0.122. The summed E-state index contributed by atoms with van der Waals surface area (Å²) in [5, 5.41) is 2.65. The number of carbonyl (C=O) groups is 3. The van der Waals surface area contributed by atoms with Crippen molar-refractivity contribution in [3.05, 3.63) is 88.5 Å². The van der Waals surface area contributed by atoms with Crippen LogP contribution in [0.2, 0.25) is 5.02 Å². The molecule has 0 spiro atoms. The van der Waals surface area contributed by atoms with Crippen LogP contribution in [-0.4, -0.2) is 38.2 Å². The molecule has 4 rings (SSSR count). The van der Waals surface area contributed by atoms with Gasteiger partial charge in [0.2, 0.25) is 0 Å². The van der Waals surface area contributed by atoms with Gasteiger partial charge in [-0.1, -0.05) is 35.4 Å². The summed E-state index contributed by atoms with van der Waals surface area (Å²) in [7, 11) is 1.50. The first-order valence-electron chi connectivity index (χ1n) is 11.5. The van der Waals surface area contributed by atoms with E-state index in [2.05, 4.69) is 5.32 Å². The number of anilines is 1. The molecule has 0 saturated carbocycles. The predicted molar refractivity (Wildman–Crippen MR) is 140 cm³/mol. The van der Waals surface area contributed by atoms with Gasteiger partial charge >= 0.3 is 6.03 Å². The number of halogens is 1. The van der Waals surface area contributed by atoms with Crippen LogP contribution < -0.4 is 24.4 Å². The lowest BCUT2D eigenvalue weighted by Gasteiger charge is -2.26. The van der Waals surface area contributed by atoms with Crippen LogP contribution in [0.3, 0.4) is 0 Å². The maximum Gasteiger partial charge on any atom is 0.335 e. The number of methoxy groups -OCH3 is 1. The zero-order chi connectivity index (χ0) is 26.4. The van der Waals surface area contributed by atoms with E-state index < -0.39 is 17.8 Å². The summed E-state index contributed by atoms with van der Waals surface area (Å²) >= 11 is 5.90. The molecule has 0 bridgehead atoms. The van der Waals surface area contributed by atoms with Crippen LogP contribution in [0.25, 0.3) is 6.08 Å². The fourth-order valence-electron chi connectivity index (χ4n) is 3.61. The van der Waals surface area contributed by atoms with Gasteiger partial charge in [0, 0.05) is 11.4 Å². The zero-order valence-corrected chi connectivity index (χ0v) is 21.1. The molecule has 1 N–H and O–H groups in total. The fraction of sp³-hybridized carbons (Fsp3) is 0.179. The van der Waals surface area contributed by atoms with Crippen molar-refractivity contribution in [1.82, 2.24) is 5.32 Å². The first kappa shape index (κ1) is 25.8. The number of hydrogen-bond donors (Lipinski definition) is 1. The number of hydrogen-bond acceptors (Lipinski definition) is 6. The third-order valence-corrected chi connectivity index (χ3v) is 5.77. The van der Waals surface area contributed by atoms with Crippen molar-refractivity contribution in [2.75, 3.05) is 25.2 Å². The summed E-state index contributed by atoms with van der Waals surface area (Å²) in [6.07, 6.45) is 2.06. The Morgan fingerprint density at radius 1 is 0.892 bits per heavy atom. The minimum Gasteiger partial charge on any atom is -0.493 e. The highest BCUT2D eigenvalue weighted by Gasteiger charge is 2.36. The molecule has 0 aliphatic carbocycles. The number of nitrogens with one attached hydrogen (secondary N) is 1. The molecule has 0 radical (unpaired) electrons. The Labute approximate surface area is 219 Å². The lowest BCUT2D eigenvalue weighted by Crippen LogP contribution is -2.54. The summed E-state index contributed by atoms with van der Waals surface area (Å²) in [4.78, 5) is 38.7. The molecule has 37 heavy (non-hydrogen) atoms. The highest BCUT2D eigenvalue weighted by molar-refractivity contribution is 6.39. The number of carbonyl (C=O) groups excluding carboxylic acids is 3. The van der Waals surface area contributed by atoms with Gasteiger partial charge in [0.1, 0.15) is 11.3 Å². The molecular weight excluding hydrogens is 496 g/mol. The van der Waals surface area contributed by atoms with E-state index in [1.165, 1.54) is 30.9 Å². The normalized spacial score (nSPS) is 14.5. The SMILES string of the molecule is COc1cc(/C=C2/C(=O)NC(=O)N(c3ccc(Cl)cc3)C2=O)ccc1OCCCOc1ccc(C)cc1. The van der Waals surface area contributed by atoms with E-state index in [0.717, 1.165) is 10.6 Å². The van der Waals surface area contributed by atoms with Crippen molar-refractivity contribution in [3.63, 3.8) is 0 Å². The lowest BCUT2D eigenvalue weighted by atomic mass is 10.1. The molecule has 9 heteroatoms. The van der Waals surface area contributed by atoms with Crippen molar-refractivity contribution < 1.29 is 28.6 Å². The molecule has 4 amide bonds. The number of nitrogens with zero attached hydrogens (tertiary/aromatic N) is 1. The van der Waals surface area contributed by atoms with Gasteiger partial charge in [-0.15, -0.1) is 0 Å². The Balaban J connectivity index is 1.42. The summed E-state index contributed by atoms with van der Waals surface area (Å²) in [5.74, 6) is 0.218. The molecule has 1 aliphatic rings. The van der Waals surface area contributed by atoms with E-state index in [0.29, 0.717) is 41.7 Å². The molecule has 190 valence electrons. The van der Waals surface area contributed by atoms with Gasteiger partial charge in [-0.2, -0.15) is 0 Å². The summed E-state index contributed by atoms with van der Waals surface area (Å²) in [5.41, 5.74) is 1.79. The maximum absolute atomic E-state index is 13.1. The van der Waals surface area contributed by atoms with Crippen LogP contribution in [0.5, 0.6) is 17.2 Å². The van der Waals surface area contributed by atoms with E-state index in [9.17, 15) is 14.4 Å². The van der Waals surface area contributed by atoms with Crippen LogP contribution in [0.1, 0.15) is 17.5 Å². The maximum atomic E-state index is 13.1. The van der Waals surface area contributed by atoms with Gasteiger partial charge in [0.15, 0.2) is 11.5 Å². The predicted octanol–water partition coefficient (Wildman–Crippen LogP) is 5.17. The molecule has 3 aromatic carbocycles. The molecule has 0 atom stereocenters. The quantitative estimate of drug-likeness (QED) is 0.237. The van der Waals surface area contributed by atoms with Crippen LogP contribution in [0, 0.1) is 6.92 Å². The third kappa shape index (κ3) is 6.29. The van der Waals surface area contributed by atoms with Crippen molar-refractivity contribution in [3.8, 4) is 17.2 Å². The highest BCUT2D eigenvalue weighted by atomic mass is 35.5. The minimum atomic E-state index is -0.831. The van der Waals surface area contributed by atoms with Gasteiger partial charge in [-0.05, 0) is 67.1 Å². The average molecular weight is 521 g/mol. The first-order valence-corrected chi connectivity index (χ1v) is 11.9. The smallest absolute Gasteiger partial charge is 0.335 e. The number of rotatable bonds is 9. The average Bonchev–Trinajstić information content (AvgIpc) is 2.89. The van der Waals surface area contributed by atoms with E-state index in [4.69, 9.17) is 25.8 Å². The van der Waals surface area contributed by atoms with Crippen molar-refractivity contribution >= 4 is 41.2 Å². The molecule has 0 aromatic heterocycles. The molecule has 3 aromatic rings. The fourth-order valence-corrected chi connectivity index (χ4v) is 3.73. The van der Waals surface area contributed by atoms with E-state index in [1.807, 2.05) is 31.2 Å². The second-order valence-corrected chi connectivity index (χ2v) is 8.64. The van der Waals surface area contributed by atoms with Gasteiger partial charge in [0.25, 0.3) is 11.8 Å². The summed E-state index contributed by atoms with van der Waals surface area (Å²) in [6, 6.07) is 18.2. The van der Waals surface area contributed by atoms with Gasteiger partial charge in [0.05, 0.1) is 26.0 Å². The summed E-state index contributed by atoms with van der Waals surface area (Å²) in [6.45, 7) is 2.92. The van der Waals surface area contributed by atoms with E-state index >= 15 is 0 Å². The third-order valence-electron chi connectivity index (χ3n) is 5.52. The molecular formula is C28H25ClN2O6. The Morgan fingerprint density at radius 3 is 2.30 bits per heavy atom. The van der Waals surface area contributed by atoms with Crippen LogP contribution in [0.4, 0.5) is 10.5 Å². The van der Waals surface area contributed by atoms with Crippen molar-refractivity contribution in [2.45, 2.75) is 13.3 Å². The van der Waals surface area contributed by atoms with E-state index in [1.54, 1.807) is 30.3 Å². The largest absolute Gasteiger partial charge is 0.493 e. The summed E-state index contributed by atoms with van der Waals surface area (Å²) < 4.78 is 17.0. The topological polar surface area (TPSA) is 94.2 Å². The molecule has 1 aliphatic heterocycles.